The third-order valence-electron chi connectivity index (χ3n) is 6.60. The minimum absolute atomic E-state index is 0.152. The Hall–Kier alpha value is -2.23. The van der Waals surface area contributed by atoms with Crippen molar-refractivity contribution in [2.24, 2.45) is 11.3 Å². The summed E-state index contributed by atoms with van der Waals surface area (Å²) in [6.07, 6.45) is 2.97. The number of aliphatic hydroxyl groups excluding tert-OH is 1. The molecule has 3 aromatic heterocycles. The van der Waals surface area contributed by atoms with Crippen molar-refractivity contribution in [3.63, 3.8) is 0 Å². The molecule has 0 spiro atoms. The van der Waals surface area contributed by atoms with Crippen LogP contribution in [-0.2, 0) is 11.2 Å². The highest BCUT2D eigenvalue weighted by molar-refractivity contribution is 7.18. The van der Waals surface area contributed by atoms with Crippen molar-refractivity contribution in [3.8, 4) is 0 Å². The monoisotopic (exact) mass is 446 g/mol. The summed E-state index contributed by atoms with van der Waals surface area (Å²) in [5.41, 5.74) is 2.47. The lowest BCUT2D eigenvalue weighted by Gasteiger charge is -2.41. The molecule has 2 N–H and O–H groups in total. The van der Waals surface area contributed by atoms with Crippen LogP contribution in [0.5, 0.6) is 0 Å². The summed E-state index contributed by atoms with van der Waals surface area (Å²) in [6.45, 7) is 5.97. The van der Waals surface area contributed by atoms with Gasteiger partial charge in [-0.05, 0) is 42.0 Å². The molecule has 0 aromatic carbocycles. The Morgan fingerprint density at radius 2 is 2.10 bits per heavy atom. The van der Waals surface area contributed by atoms with Gasteiger partial charge in [0.2, 0.25) is 0 Å². The van der Waals surface area contributed by atoms with E-state index in [0.717, 1.165) is 39.9 Å². The van der Waals surface area contributed by atoms with E-state index in [9.17, 15) is 15.0 Å². The number of nitrogens with zero attached hydrogens (tertiary/aromatic N) is 4. The highest BCUT2D eigenvalue weighted by Crippen LogP contribution is 2.42. The Morgan fingerprint density at radius 1 is 1.35 bits per heavy atom. The Morgan fingerprint density at radius 3 is 2.77 bits per heavy atom. The van der Waals surface area contributed by atoms with E-state index in [4.69, 9.17) is 9.72 Å². The number of aliphatic hydroxyl groups is 1. The lowest BCUT2D eigenvalue weighted by atomic mass is 9.71. The van der Waals surface area contributed by atoms with Gasteiger partial charge in [0.25, 0.3) is 0 Å². The van der Waals surface area contributed by atoms with E-state index < -0.39 is 12.3 Å². The van der Waals surface area contributed by atoms with Crippen LogP contribution >= 0.6 is 11.3 Å². The Bertz CT molecular complexity index is 1070. The molecule has 1 aliphatic heterocycles. The number of hydrogen-bond acceptors (Lipinski definition) is 6. The number of carboxylic acid groups (broad SMARTS) is 1. The van der Waals surface area contributed by atoms with E-state index in [1.165, 1.54) is 4.90 Å². The highest BCUT2D eigenvalue weighted by atomic mass is 32.1. The minimum atomic E-state index is -0.850. The first kappa shape index (κ1) is 22.0. The second-order valence-electron chi connectivity index (χ2n) is 8.99. The number of amides is 1. The molecule has 31 heavy (non-hydrogen) atoms. The molecular weight excluding hydrogens is 416 g/mol. The van der Waals surface area contributed by atoms with Crippen LogP contribution in [0, 0.1) is 11.3 Å². The molecule has 0 bridgehead atoms. The van der Waals surface area contributed by atoms with Gasteiger partial charge in [0.15, 0.2) is 0 Å². The summed E-state index contributed by atoms with van der Waals surface area (Å²) >= 11 is 1.61. The predicted molar refractivity (Wildman–Crippen MR) is 120 cm³/mol. The van der Waals surface area contributed by atoms with Crippen LogP contribution in [-0.4, -0.2) is 62.5 Å². The van der Waals surface area contributed by atoms with E-state index in [-0.39, 0.29) is 5.41 Å². The number of pyridine rings is 1. The molecule has 0 aliphatic carbocycles. The lowest BCUT2D eigenvalue weighted by molar-refractivity contribution is 0.0128. The molecule has 4 heterocycles. The van der Waals surface area contributed by atoms with Gasteiger partial charge in [-0.15, -0.1) is 11.3 Å². The van der Waals surface area contributed by atoms with Crippen molar-refractivity contribution in [1.29, 1.82) is 0 Å². The molecule has 1 saturated heterocycles. The normalized spacial score (nSPS) is 17.0. The van der Waals surface area contributed by atoms with Crippen LogP contribution in [0.2, 0.25) is 0 Å². The van der Waals surface area contributed by atoms with E-state index in [0.29, 0.717) is 38.5 Å². The van der Waals surface area contributed by atoms with E-state index in [2.05, 4.69) is 18.8 Å². The van der Waals surface area contributed by atoms with Gasteiger partial charge in [-0.25, -0.2) is 9.78 Å². The largest absolute Gasteiger partial charge is 0.465 e. The molecule has 0 saturated carbocycles. The van der Waals surface area contributed by atoms with Crippen LogP contribution < -0.4 is 0 Å². The SMILES string of the molecule is COCCc1nc2cnc3ccsc3c2n1C(O)CC(C)(C)C1CCN(C(=O)O)CC1. The van der Waals surface area contributed by atoms with E-state index in [1.807, 2.05) is 16.0 Å². The van der Waals surface area contributed by atoms with Crippen molar-refractivity contribution in [2.75, 3.05) is 26.8 Å². The van der Waals surface area contributed by atoms with Gasteiger partial charge in [-0.2, -0.15) is 0 Å². The first-order valence-electron chi connectivity index (χ1n) is 10.7. The number of hydrogen-bond donors (Lipinski definition) is 2. The van der Waals surface area contributed by atoms with Crippen LogP contribution in [0.15, 0.2) is 17.6 Å². The molecule has 1 fully saturated rings. The molecule has 3 aromatic rings. The van der Waals surface area contributed by atoms with Crippen LogP contribution in [0.25, 0.3) is 21.3 Å². The number of fused-ring (bicyclic) bond motifs is 3. The highest BCUT2D eigenvalue weighted by Gasteiger charge is 2.36. The minimum Gasteiger partial charge on any atom is -0.465 e. The molecule has 0 radical (unpaired) electrons. The second kappa shape index (κ2) is 8.72. The molecule has 1 amide bonds. The van der Waals surface area contributed by atoms with Gasteiger partial charge in [0.05, 0.1) is 28.5 Å². The molecule has 1 unspecified atom stereocenters. The fourth-order valence-electron chi connectivity index (χ4n) is 4.80. The summed E-state index contributed by atoms with van der Waals surface area (Å²) < 4.78 is 8.26. The molecule has 9 heteroatoms. The number of aromatic nitrogens is 3. The standard InChI is InChI=1S/C22H30N4O4S/c1-22(2,14-4-8-25(9-5-14)21(28)29)12-18(27)26-17(6-10-30-3)24-16-13-23-15-7-11-31-20(15)19(16)26/h7,11,13-14,18,27H,4-6,8-10,12H2,1-3H3,(H,28,29). The van der Waals surface area contributed by atoms with Crippen molar-refractivity contribution in [1.82, 2.24) is 19.4 Å². The van der Waals surface area contributed by atoms with Crippen LogP contribution in [0.1, 0.15) is 45.2 Å². The van der Waals surface area contributed by atoms with Crippen LogP contribution in [0.3, 0.4) is 0 Å². The third-order valence-corrected chi connectivity index (χ3v) is 7.51. The Kier molecular flexibility index (Phi) is 6.18. The average molecular weight is 447 g/mol. The van der Waals surface area contributed by atoms with Gasteiger partial charge in [0, 0.05) is 26.6 Å². The van der Waals surface area contributed by atoms with Gasteiger partial charge >= 0.3 is 6.09 Å². The van der Waals surface area contributed by atoms with Gasteiger partial charge in [-0.3, -0.25) is 9.55 Å². The van der Waals surface area contributed by atoms with E-state index >= 15 is 0 Å². The summed E-state index contributed by atoms with van der Waals surface area (Å²) in [6, 6.07) is 1.98. The zero-order valence-electron chi connectivity index (χ0n) is 18.2. The number of carbonyl (C=O) groups is 1. The van der Waals surface area contributed by atoms with Crippen molar-refractivity contribution in [3.05, 3.63) is 23.5 Å². The first-order valence-corrected chi connectivity index (χ1v) is 11.6. The fourth-order valence-corrected chi connectivity index (χ4v) is 5.69. The number of piperidine rings is 1. The number of ether oxygens (including phenoxy) is 1. The molecular formula is C22H30N4O4S. The summed E-state index contributed by atoms with van der Waals surface area (Å²) in [5, 5.41) is 22.7. The maximum Gasteiger partial charge on any atom is 0.407 e. The van der Waals surface area contributed by atoms with Crippen molar-refractivity contribution < 1.29 is 19.7 Å². The average Bonchev–Trinajstić information content (AvgIpc) is 3.35. The van der Waals surface area contributed by atoms with Gasteiger partial charge < -0.3 is 19.8 Å². The third kappa shape index (κ3) is 4.26. The quantitative estimate of drug-likeness (QED) is 0.566. The first-order chi connectivity index (χ1) is 14.8. The van der Waals surface area contributed by atoms with Gasteiger partial charge in [0.1, 0.15) is 17.6 Å². The molecule has 1 aliphatic rings. The Balaban J connectivity index is 1.64. The number of rotatable bonds is 7. The topological polar surface area (TPSA) is 101 Å². The number of imidazole rings is 1. The summed E-state index contributed by atoms with van der Waals surface area (Å²) in [5.74, 6) is 1.14. The lowest BCUT2D eigenvalue weighted by Crippen LogP contribution is -2.42. The molecule has 8 nitrogen and oxygen atoms in total. The van der Waals surface area contributed by atoms with Crippen LogP contribution in [0.4, 0.5) is 4.79 Å². The molecule has 168 valence electrons. The van der Waals surface area contributed by atoms with E-state index in [1.54, 1.807) is 24.6 Å². The number of likely N-dealkylation sites (tertiary alicyclic amines) is 1. The summed E-state index contributed by atoms with van der Waals surface area (Å²) in [7, 11) is 1.66. The summed E-state index contributed by atoms with van der Waals surface area (Å²) in [4.78, 5) is 22.0. The van der Waals surface area contributed by atoms with Crippen molar-refractivity contribution in [2.45, 2.75) is 45.8 Å². The predicted octanol–water partition coefficient (Wildman–Crippen LogP) is 4.13. The number of methoxy groups -OCH3 is 1. The zero-order valence-corrected chi connectivity index (χ0v) is 19.1. The molecule has 4 rings (SSSR count). The molecule has 1 atom stereocenters. The van der Waals surface area contributed by atoms with Gasteiger partial charge in [-0.1, -0.05) is 13.8 Å². The number of thiophene rings is 1. The second-order valence-corrected chi connectivity index (χ2v) is 9.90. The fraction of sp³-hybridized carbons (Fsp3) is 0.591. The zero-order chi connectivity index (χ0) is 22.2. The maximum atomic E-state index is 11.5. The Labute approximate surface area is 185 Å². The maximum absolute atomic E-state index is 11.5. The smallest absolute Gasteiger partial charge is 0.407 e. The van der Waals surface area contributed by atoms with Crippen molar-refractivity contribution >= 4 is 38.7 Å².